The van der Waals surface area contributed by atoms with Crippen molar-refractivity contribution in [2.24, 2.45) is 5.92 Å². The zero-order valence-corrected chi connectivity index (χ0v) is 9.29. The second-order valence-electron chi connectivity index (χ2n) is 4.75. The minimum absolute atomic E-state index is 0.0931. The molecule has 3 rings (SSSR count). The normalized spacial score (nSPS) is 24.1. The Labute approximate surface area is 94.5 Å². The van der Waals surface area contributed by atoms with Crippen LogP contribution in [0.5, 0.6) is 0 Å². The molecule has 16 heavy (non-hydrogen) atoms. The van der Waals surface area contributed by atoms with E-state index in [2.05, 4.69) is 15.6 Å². The number of amides is 1. The number of hydrogen-bond acceptors (Lipinski definition) is 3. The third-order valence-corrected chi connectivity index (χ3v) is 3.22. The molecule has 1 aliphatic heterocycles. The monoisotopic (exact) mass is 217 g/mol. The molecular formula is C12H15N3O. The van der Waals surface area contributed by atoms with E-state index in [4.69, 9.17) is 0 Å². The third-order valence-electron chi connectivity index (χ3n) is 3.22. The molecule has 2 heterocycles. The van der Waals surface area contributed by atoms with Crippen LogP contribution in [0.3, 0.4) is 0 Å². The zero-order chi connectivity index (χ0) is 11.1. The van der Waals surface area contributed by atoms with E-state index in [-0.39, 0.29) is 11.9 Å². The molecule has 2 aliphatic rings. The van der Waals surface area contributed by atoms with Crippen LogP contribution in [-0.4, -0.2) is 16.9 Å². The van der Waals surface area contributed by atoms with Gasteiger partial charge in [0.25, 0.3) is 0 Å². The number of rotatable bonds is 1. The molecule has 4 nitrogen and oxygen atoms in total. The molecular weight excluding hydrogens is 202 g/mol. The van der Waals surface area contributed by atoms with Crippen LogP contribution in [0.15, 0.2) is 12.3 Å². The first-order valence-electron chi connectivity index (χ1n) is 5.75. The largest absolute Gasteiger partial charge is 0.365 e. The number of nitrogens with zero attached hydrogens (tertiary/aromatic N) is 1. The van der Waals surface area contributed by atoms with Gasteiger partial charge in [0.2, 0.25) is 5.91 Å². The predicted octanol–water partition coefficient (Wildman–Crippen LogP) is 1.92. The van der Waals surface area contributed by atoms with Crippen molar-refractivity contribution in [3.05, 3.63) is 17.8 Å². The second kappa shape index (κ2) is 3.47. The Balaban J connectivity index is 1.94. The Hall–Kier alpha value is -1.58. The summed E-state index contributed by atoms with van der Waals surface area (Å²) >= 11 is 0. The number of hydrogen-bond donors (Lipinski definition) is 2. The first-order chi connectivity index (χ1) is 7.72. The van der Waals surface area contributed by atoms with Crippen LogP contribution in [0, 0.1) is 12.8 Å². The zero-order valence-electron chi connectivity index (χ0n) is 9.29. The molecule has 1 aliphatic carbocycles. The molecule has 1 aromatic heterocycles. The Morgan fingerprint density at radius 2 is 2.25 bits per heavy atom. The minimum atomic E-state index is 0.0931. The van der Waals surface area contributed by atoms with E-state index in [9.17, 15) is 4.79 Å². The summed E-state index contributed by atoms with van der Waals surface area (Å²) in [6.45, 7) is 1.97. The summed E-state index contributed by atoms with van der Waals surface area (Å²) in [7, 11) is 0. The molecule has 1 amide bonds. The summed E-state index contributed by atoms with van der Waals surface area (Å²) < 4.78 is 0. The van der Waals surface area contributed by atoms with Gasteiger partial charge in [0.15, 0.2) is 0 Å². The van der Waals surface area contributed by atoms with Crippen LogP contribution >= 0.6 is 0 Å². The lowest BCUT2D eigenvalue weighted by Gasteiger charge is -2.14. The molecule has 0 aromatic carbocycles. The van der Waals surface area contributed by atoms with Gasteiger partial charge in [-0.25, -0.2) is 4.98 Å². The standard InChI is InChI=1S/C12H15N3O/c1-7-4-10-12(13-6-7)15-9(8-2-3-8)5-11(16)14-10/h4,6,8-9H,2-3,5H2,1H3,(H,13,15)(H,14,16). The number of carbonyl (C=O) groups is 1. The lowest BCUT2D eigenvalue weighted by molar-refractivity contribution is -0.116. The maximum absolute atomic E-state index is 11.7. The SMILES string of the molecule is Cc1cnc2c(c1)NC(=O)CC(C1CC1)N2. The van der Waals surface area contributed by atoms with Crippen molar-refractivity contribution in [1.29, 1.82) is 0 Å². The number of anilines is 2. The summed E-state index contributed by atoms with van der Waals surface area (Å²) in [6, 6.07) is 2.22. The topological polar surface area (TPSA) is 54.0 Å². The smallest absolute Gasteiger partial charge is 0.226 e. The van der Waals surface area contributed by atoms with Gasteiger partial charge in [-0.05, 0) is 37.3 Å². The van der Waals surface area contributed by atoms with Crippen molar-refractivity contribution < 1.29 is 4.79 Å². The molecule has 0 saturated heterocycles. The van der Waals surface area contributed by atoms with Crippen LogP contribution < -0.4 is 10.6 Å². The number of aryl methyl sites for hydroxylation is 1. The van der Waals surface area contributed by atoms with E-state index in [1.165, 1.54) is 12.8 Å². The minimum Gasteiger partial charge on any atom is -0.365 e. The van der Waals surface area contributed by atoms with E-state index in [1.807, 2.05) is 19.2 Å². The molecule has 4 heteroatoms. The Kier molecular flexibility index (Phi) is 2.09. The molecule has 1 saturated carbocycles. The van der Waals surface area contributed by atoms with E-state index >= 15 is 0 Å². The van der Waals surface area contributed by atoms with Crippen molar-refractivity contribution >= 4 is 17.4 Å². The highest BCUT2D eigenvalue weighted by molar-refractivity contribution is 5.95. The van der Waals surface area contributed by atoms with Crippen molar-refractivity contribution in [1.82, 2.24) is 4.98 Å². The van der Waals surface area contributed by atoms with Gasteiger partial charge in [0, 0.05) is 18.7 Å². The van der Waals surface area contributed by atoms with E-state index in [0.717, 1.165) is 17.1 Å². The number of carbonyl (C=O) groups excluding carboxylic acids is 1. The van der Waals surface area contributed by atoms with Gasteiger partial charge >= 0.3 is 0 Å². The van der Waals surface area contributed by atoms with Crippen LogP contribution in [0.1, 0.15) is 24.8 Å². The fourth-order valence-corrected chi connectivity index (χ4v) is 2.19. The van der Waals surface area contributed by atoms with Gasteiger partial charge in [0.1, 0.15) is 5.82 Å². The van der Waals surface area contributed by atoms with Gasteiger partial charge < -0.3 is 10.6 Å². The molecule has 1 atom stereocenters. The third kappa shape index (κ3) is 1.75. The maximum Gasteiger partial charge on any atom is 0.226 e. The van der Waals surface area contributed by atoms with Crippen molar-refractivity contribution in [2.75, 3.05) is 10.6 Å². The van der Waals surface area contributed by atoms with Crippen molar-refractivity contribution in [3.8, 4) is 0 Å². The maximum atomic E-state index is 11.7. The van der Waals surface area contributed by atoms with Gasteiger partial charge in [0.05, 0.1) is 5.69 Å². The first kappa shape index (κ1) is 9.63. The van der Waals surface area contributed by atoms with Gasteiger partial charge in [-0.3, -0.25) is 4.79 Å². The lowest BCUT2D eigenvalue weighted by atomic mass is 10.1. The number of fused-ring (bicyclic) bond motifs is 1. The summed E-state index contributed by atoms with van der Waals surface area (Å²) in [4.78, 5) is 16.1. The van der Waals surface area contributed by atoms with Gasteiger partial charge in [-0.1, -0.05) is 0 Å². The van der Waals surface area contributed by atoms with Crippen molar-refractivity contribution in [2.45, 2.75) is 32.2 Å². The molecule has 0 spiro atoms. The summed E-state index contributed by atoms with van der Waals surface area (Å²) in [5.74, 6) is 1.56. The Morgan fingerprint density at radius 3 is 3.00 bits per heavy atom. The lowest BCUT2D eigenvalue weighted by Crippen LogP contribution is -2.24. The molecule has 1 aromatic rings. The summed E-state index contributed by atoms with van der Waals surface area (Å²) in [6.07, 6.45) is 4.84. The molecule has 1 fully saturated rings. The second-order valence-corrected chi connectivity index (χ2v) is 4.75. The van der Waals surface area contributed by atoms with Gasteiger partial charge in [-0.15, -0.1) is 0 Å². The predicted molar refractivity (Wildman–Crippen MR) is 62.4 cm³/mol. The Bertz CT molecular complexity index is 440. The Morgan fingerprint density at radius 1 is 1.44 bits per heavy atom. The highest BCUT2D eigenvalue weighted by atomic mass is 16.1. The van der Waals surface area contributed by atoms with E-state index in [1.54, 1.807) is 0 Å². The summed E-state index contributed by atoms with van der Waals surface area (Å²) in [5.41, 5.74) is 1.87. The van der Waals surface area contributed by atoms with Crippen LogP contribution in [0.2, 0.25) is 0 Å². The van der Waals surface area contributed by atoms with E-state index in [0.29, 0.717) is 12.3 Å². The highest BCUT2D eigenvalue weighted by Crippen LogP contribution is 2.37. The highest BCUT2D eigenvalue weighted by Gasteiger charge is 2.34. The number of aromatic nitrogens is 1. The van der Waals surface area contributed by atoms with E-state index < -0.39 is 0 Å². The molecule has 0 radical (unpaired) electrons. The van der Waals surface area contributed by atoms with Crippen LogP contribution in [0.25, 0.3) is 0 Å². The molecule has 0 bridgehead atoms. The van der Waals surface area contributed by atoms with Crippen LogP contribution in [0.4, 0.5) is 11.5 Å². The molecule has 84 valence electrons. The fraction of sp³-hybridized carbons (Fsp3) is 0.500. The van der Waals surface area contributed by atoms with Gasteiger partial charge in [-0.2, -0.15) is 0 Å². The first-order valence-corrected chi connectivity index (χ1v) is 5.75. The van der Waals surface area contributed by atoms with Crippen molar-refractivity contribution in [3.63, 3.8) is 0 Å². The molecule has 1 unspecified atom stereocenters. The summed E-state index contributed by atoms with van der Waals surface area (Å²) in [5, 5.41) is 6.30. The average Bonchev–Trinajstić information content (AvgIpc) is 3.02. The quantitative estimate of drug-likeness (QED) is 0.755. The number of nitrogens with one attached hydrogen (secondary N) is 2. The van der Waals surface area contributed by atoms with Crippen LogP contribution in [-0.2, 0) is 4.79 Å². The number of pyridine rings is 1. The molecule has 2 N–H and O–H groups in total. The fourth-order valence-electron chi connectivity index (χ4n) is 2.19. The average molecular weight is 217 g/mol.